The summed E-state index contributed by atoms with van der Waals surface area (Å²) < 4.78 is 5.61. The number of hydrogen-bond donors (Lipinski definition) is 2. The Morgan fingerprint density at radius 1 is 1.04 bits per heavy atom. The third-order valence-electron chi connectivity index (χ3n) is 5.17. The lowest BCUT2D eigenvalue weighted by Gasteiger charge is -2.15. The van der Waals surface area contributed by atoms with Crippen LogP contribution in [0.5, 0.6) is 0 Å². The number of rotatable bonds is 6. The number of carbonyl (C=O) groups is 2. The largest absolute Gasteiger partial charge is 0.454 e. The van der Waals surface area contributed by atoms with Crippen molar-refractivity contribution >= 4 is 23.2 Å². The van der Waals surface area contributed by atoms with Gasteiger partial charge in [0.1, 0.15) is 5.76 Å². The van der Waals surface area contributed by atoms with E-state index >= 15 is 0 Å². The molecule has 0 atom stereocenters. The Morgan fingerprint density at radius 3 is 2.50 bits per heavy atom. The van der Waals surface area contributed by atoms with Gasteiger partial charge in [-0.1, -0.05) is 26.7 Å². The average Bonchev–Trinajstić information content (AvgIpc) is 3.31. The zero-order chi connectivity index (χ0) is 19.9. The van der Waals surface area contributed by atoms with Crippen LogP contribution in [0.1, 0.15) is 76.0 Å². The van der Waals surface area contributed by atoms with Gasteiger partial charge in [0.2, 0.25) is 0 Å². The van der Waals surface area contributed by atoms with Gasteiger partial charge in [-0.25, -0.2) is 0 Å². The Kier molecular flexibility index (Phi) is 7.28. The van der Waals surface area contributed by atoms with Crippen molar-refractivity contribution in [1.82, 2.24) is 15.8 Å². The molecule has 2 N–H and O–H groups in total. The Morgan fingerprint density at radius 2 is 1.75 bits per heavy atom. The molecule has 0 spiro atoms. The highest BCUT2D eigenvalue weighted by molar-refractivity contribution is 7.14. The van der Waals surface area contributed by atoms with Crippen molar-refractivity contribution < 1.29 is 14.0 Å². The van der Waals surface area contributed by atoms with E-state index in [4.69, 9.17) is 4.42 Å². The van der Waals surface area contributed by atoms with Crippen LogP contribution in [0.4, 0.5) is 0 Å². The molecule has 0 saturated carbocycles. The predicted molar refractivity (Wildman–Crippen MR) is 110 cm³/mol. The van der Waals surface area contributed by atoms with Gasteiger partial charge < -0.3 is 4.42 Å². The van der Waals surface area contributed by atoms with Crippen molar-refractivity contribution in [3.8, 4) is 0 Å². The first-order chi connectivity index (χ1) is 13.6. The molecule has 1 aliphatic rings. The van der Waals surface area contributed by atoms with Crippen molar-refractivity contribution in [3.63, 3.8) is 0 Å². The SMILES string of the molecule is CCN(CC)Cc1ccc(C(=O)NNC(=O)c2cc3c(s2)CCCCCC3)o1. The maximum Gasteiger partial charge on any atom is 0.305 e. The molecule has 28 heavy (non-hydrogen) atoms. The van der Waals surface area contributed by atoms with Gasteiger partial charge in [-0.2, -0.15) is 0 Å². The maximum atomic E-state index is 12.4. The van der Waals surface area contributed by atoms with Crippen molar-refractivity contribution in [1.29, 1.82) is 0 Å². The Hall–Kier alpha value is -2.12. The Bertz CT molecular complexity index is 782. The highest BCUT2D eigenvalue weighted by atomic mass is 32.1. The molecule has 0 bridgehead atoms. The van der Waals surface area contributed by atoms with Crippen LogP contribution in [0.2, 0.25) is 0 Å². The van der Waals surface area contributed by atoms with Crippen LogP contribution in [0, 0.1) is 0 Å². The molecule has 7 heteroatoms. The molecule has 2 amide bonds. The Labute approximate surface area is 170 Å². The van der Waals surface area contributed by atoms with E-state index in [1.165, 1.54) is 47.5 Å². The van der Waals surface area contributed by atoms with Crippen molar-refractivity contribution in [3.05, 3.63) is 45.0 Å². The van der Waals surface area contributed by atoms with Crippen LogP contribution in [-0.4, -0.2) is 29.8 Å². The summed E-state index contributed by atoms with van der Waals surface area (Å²) in [6.07, 6.45) is 6.95. The fraction of sp³-hybridized carbons (Fsp3) is 0.524. The van der Waals surface area contributed by atoms with E-state index in [1.54, 1.807) is 12.1 Å². The first-order valence-corrected chi connectivity index (χ1v) is 11.0. The molecular formula is C21H29N3O3S. The van der Waals surface area contributed by atoms with Crippen LogP contribution in [0.25, 0.3) is 0 Å². The Balaban J connectivity index is 1.55. The van der Waals surface area contributed by atoms with Gasteiger partial charge in [-0.15, -0.1) is 11.3 Å². The van der Waals surface area contributed by atoms with E-state index in [0.717, 1.165) is 31.7 Å². The van der Waals surface area contributed by atoms with Crippen molar-refractivity contribution in [2.75, 3.05) is 13.1 Å². The van der Waals surface area contributed by atoms with Crippen LogP contribution < -0.4 is 10.9 Å². The number of nitrogens with zero attached hydrogens (tertiary/aromatic N) is 1. The average molecular weight is 404 g/mol. The minimum Gasteiger partial charge on any atom is -0.454 e. The number of thiophene rings is 1. The highest BCUT2D eigenvalue weighted by Crippen LogP contribution is 2.28. The molecule has 0 unspecified atom stereocenters. The zero-order valence-electron chi connectivity index (χ0n) is 16.7. The number of nitrogens with one attached hydrogen (secondary N) is 2. The van der Waals surface area contributed by atoms with Crippen LogP contribution in [0.15, 0.2) is 22.6 Å². The quantitative estimate of drug-likeness (QED) is 0.717. The first kappa shape index (κ1) is 20.6. The smallest absolute Gasteiger partial charge is 0.305 e. The summed E-state index contributed by atoms with van der Waals surface area (Å²) >= 11 is 1.54. The molecule has 0 aromatic carbocycles. The highest BCUT2D eigenvalue weighted by Gasteiger charge is 2.18. The summed E-state index contributed by atoms with van der Waals surface area (Å²) in [7, 11) is 0. The van der Waals surface area contributed by atoms with Gasteiger partial charge in [-0.3, -0.25) is 25.3 Å². The summed E-state index contributed by atoms with van der Waals surface area (Å²) in [5, 5.41) is 0. The fourth-order valence-electron chi connectivity index (χ4n) is 3.45. The standard InChI is InChI=1S/C21H29N3O3S/c1-3-24(4-2)14-16-11-12-17(27-16)20(25)22-23-21(26)19-13-15-9-7-5-6-8-10-18(15)28-19/h11-13H,3-10,14H2,1-2H3,(H,22,25)(H,23,26). The lowest BCUT2D eigenvalue weighted by Crippen LogP contribution is -2.41. The van der Waals surface area contributed by atoms with E-state index in [2.05, 4.69) is 29.6 Å². The van der Waals surface area contributed by atoms with Gasteiger partial charge in [0, 0.05) is 4.88 Å². The lowest BCUT2D eigenvalue weighted by molar-refractivity contribution is 0.0830. The molecule has 3 rings (SSSR count). The summed E-state index contributed by atoms with van der Waals surface area (Å²) in [6.45, 7) is 6.66. The van der Waals surface area contributed by atoms with E-state index in [-0.39, 0.29) is 11.7 Å². The molecular weight excluding hydrogens is 374 g/mol. The van der Waals surface area contributed by atoms with Crippen molar-refractivity contribution in [2.45, 2.75) is 58.9 Å². The van der Waals surface area contributed by atoms with E-state index in [9.17, 15) is 9.59 Å². The monoisotopic (exact) mass is 403 g/mol. The molecule has 2 aromatic rings. The molecule has 6 nitrogen and oxygen atoms in total. The van der Waals surface area contributed by atoms with Crippen LogP contribution in [-0.2, 0) is 19.4 Å². The van der Waals surface area contributed by atoms with Gasteiger partial charge in [0.05, 0.1) is 11.4 Å². The number of hydrazine groups is 1. The maximum absolute atomic E-state index is 12.4. The summed E-state index contributed by atoms with van der Waals surface area (Å²) in [5.74, 6) is 0.202. The number of hydrogen-bond acceptors (Lipinski definition) is 5. The number of amides is 2. The van der Waals surface area contributed by atoms with Crippen LogP contribution in [0.3, 0.4) is 0 Å². The van der Waals surface area contributed by atoms with Gasteiger partial charge >= 0.3 is 5.91 Å². The third kappa shape index (κ3) is 5.23. The molecule has 0 radical (unpaired) electrons. The normalized spacial score (nSPS) is 14.2. The van der Waals surface area contributed by atoms with Gasteiger partial charge in [0.25, 0.3) is 5.91 Å². The predicted octanol–water partition coefficient (Wildman–Crippen LogP) is 3.92. The summed E-state index contributed by atoms with van der Waals surface area (Å²) in [5.41, 5.74) is 6.25. The summed E-state index contributed by atoms with van der Waals surface area (Å²) in [6, 6.07) is 5.41. The van der Waals surface area contributed by atoms with E-state index in [1.807, 2.05) is 6.07 Å². The number of fused-ring (bicyclic) bond motifs is 1. The molecule has 152 valence electrons. The van der Waals surface area contributed by atoms with Crippen LogP contribution >= 0.6 is 11.3 Å². The van der Waals surface area contributed by atoms with Gasteiger partial charge in [0.15, 0.2) is 5.76 Å². The molecule has 2 heterocycles. The van der Waals surface area contributed by atoms with Gasteiger partial charge in [-0.05, 0) is 62.5 Å². The van der Waals surface area contributed by atoms with E-state index in [0.29, 0.717) is 11.4 Å². The van der Waals surface area contributed by atoms with Crippen molar-refractivity contribution in [2.24, 2.45) is 0 Å². The molecule has 2 aromatic heterocycles. The number of carbonyl (C=O) groups excluding carboxylic acids is 2. The summed E-state index contributed by atoms with van der Waals surface area (Å²) in [4.78, 5) is 28.9. The number of aryl methyl sites for hydroxylation is 2. The first-order valence-electron chi connectivity index (χ1n) is 10.1. The molecule has 0 saturated heterocycles. The minimum atomic E-state index is -0.450. The topological polar surface area (TPSA) is 74.6 Å². The minimum absolute atomic E-state index is 0.195. The zero-order valence-corrected chi connectivity index (χ0v) is 17.5. The molecule has 0 fully saturated rings. The second-order valence-corrected chi connectivity index (χ2v) is 8.25. The number of furan rings is 1. The second kappa shape index (κ2) is 9.89. The second-order valence-electron chi connectivity index (χ2n) is 7.11. The lowest BCUT2D eigenvalue weighted by atomic mass is 10.00. The molecule has 0 aliphatic heterocycles. The molecule has 1 aliphatic carbocycles. The van der Waals surface area contributed by atoms with E-state index < -0.39 is 5.91 Å². The third-order valence-corrected chi connectivity index (χ3v) is 6.41. The fourth-order valence-corrected chi connectivity index (χ4v) is 4.59.